The maximum Gasteiger partial charge on any atom is 0.530 e. The van der Waals surface area contributed by atoms with E-state index in [1.165, 1.54) is 47.8 Å². The van der Waals surface area contributed by atoms with Crippen LogP contribution in [-0.4, -0.2) is 109 Å². The zero-order valence-corrected chi connectivity index (χ0v) is 56.1. The Morgan fingerprint density at radius 3 is 1.74 bits per heavy atom. The number of imidazole rings is 2. The number of halogens is 2. The number of phosphoric ester groups is 2. The van der Waals surface area contributed by atoms with Crippen LogP contribution in [0, 0.1) is 17.2 Å². The number of hydrogen-bond donors (Lipinski definition) is 3. The van der Waals surface area contributed by atoms with Crippen LogP contribution >= 0.6 is 38.8 Å². The number of phosphoric acid groups is 2. The Morgan fingerprint density at radius 1 is 0.663 bits per heavy atom. The molecule has 2 amide bonds. The quantitative estimate of drug-likeness (QED) is 0.0233. The van der Waals surface area contributed by atoms with Crippen LogP contribution < -0.4 is 34.7 Å². The van der Waals surface area contributed by atoms with Crippen molar-refractivity contribution in [1.82, 2.24) is 39.0 Å². The second-order valence-electron chi connectivity index (χ2n) is 22.6. The van der Waals surface area contributed by atoms with Gasteiger partial charge in [0.2, 0.25) is 11.9 Å². The number of ether oxygens (including phenoxy) is 5. The number of aromatic nitrogens is 8. The number of aromatic amines is 1. The first-order valence-electron chi connectivity index (χ1n) is 30.7. The fourth-order valence-corrected chi connectivity index (χ4v) is 14.4. The normalized spacial score (nSPS) is 19.0. The van der Waals surface area contributed by atoms with Crippen molar-refractivity contribution in [3.63, 3.8) is 0 Å². The van der Waals surface area contributed by atoms with Gasteiger partial charge in [-0.05, 0) is 77.4 Å². The van der Waals surface area contributed by atoms with Gasteiger partial charge in [-0.1, -0.05) is 134 Å². The molecule has 6 aromatic carbocycles. The zero-order chi connectivity index (χ0) is 68.6. The molecule has 12 rings (SSSR count). The lowest BCUT2D eigenvalue weighted by Gasteiger charge is -2.37. The summed E-state index contributed by atoms with van der Waals surface area (Å²) >= 11 is 13.3. The lowest BCUT2D eigenvalue weighted by atomic mass is 9.80. The fraction of sp³-hybridized carbons (Fsp3) is 0.269. The number of rotatable bonds is 28. The average Bonchev–Trinajstić information content (AvgIpc) is 0.824. The van der Waals surface area contributed by atoms with Crippen LogP contribution in [0.1, 0.15) is 72.6 Å². The molecule has 2 fully saturated rings. The Hall–Kier alpha value is -9.39. The van der Waals surface area contributed by atoms with Gasteiger partial charge in [0.25, 0.3) is 11.5 Å². The number of benzene rings is 6. The van der Waals surface area contributed by atoms with E-state index in [1.807, 2.05) is 84.9 Å². The molecule has 0 saturated carbocycles. The Morgan fingerprint density at radius 2 is 1.18 bits per heavy atom. The van der Waals surface area contributed by atoms with E-state index in [0.717, 1.165) is 0 Å². The third kappa shape index (κ3) is 15.2. The predicted octanol–water partition coefficient (Wildman–Crippen LogP) is 12.8. The molecule has 2 saturated heterocycles. The van der Waals surface area contributed by atoms with Crippen molar-refractivity contribution in [3.8, 4) is 29.1 Å². The second kappa shape index (κ2) is 30.2. The summed E-state index contributed by atoms with van der Waals surface area (Å²) in [6, 6.07) is 47.1. The van der Waals surface area contributed by atoms with Crippen LogP contribution in [0.2, 0.25) is 10.0 Å². The van der Waals surface area contributed by atoms with Crippen molar-refractivity contribution in [2.75, 3.05) is 44.7 Å². The summed E-state index contributed by atoms with van der Waals surface area (Å²) in [7, 11) is -6.88. The summed E-state index contributed by atoms with van der Waals surface area (Å²) in [5, 5.41) is 15.0. The van der Waals surface area contributed by atoms with Crippen molar-refractivity contribution in [1.29, 1.82) is 5.26 Å². The Labute approximate surface area is 570 Å². The summed E-state index contributed by atoms with van der Waals surface area (Å²) in [6.07, 6.45) is -4.20. The molecular weight excluding hydrogens is 1350 g/mol. The van der Waals surface area contributed by atoms with E-state index < -0.39 is 94.6 Å². The smallest absolute Gasteiger partial charge is 0.497 e. The van der Waals surface area contributed by atoms with Crippen LogP contribution in [0.5, 0.6) is 23.0 Å². The highest BCUT2D eigenvalue weighted by molar-refractivity contribution is 7.49. The van der Waals surface area contributed by atoms with Gasteiger partial charge in [0, 0.05) is 24.3 Å². The number of nitriles is 1. The molecule has 4 aromatic heterocycles. The summed E-state index contributed by atoms with van der Waals surface area (Å²) in [4.78, 5) is 64.9. The van der Waals surface area contributed by atoms with Crippen molar-refractivity contribution < 1.29 is 69.5 Å². The van der Waals surface area contributed by atoms with E-state index >= 15 is 9.13 Å². The van der Waals surface area contributed by atoms with Gasteiger partial charge in [-0.15, -0.1) is 0 Å². The molecule has 98 heavy (non-hydrogen) atoms. The largest absolute Gasteiger partial charge is 0.530 e. The third-order valence-corrected chi connectivity index (χ3v) is 19.4. The van der Waals surface area contributed by atoms with Crippen LogP contribution in [0.3, 0.4) is 0 Å². The number of nitrogens with zero attached hydrogens (tertiary/aromatic N) is 8. The number of nitrogens with one attached hydrogen (secondary N) is 3. The first-order chi connectivity index (χ1) is 47.4. The monoisotopic (exact) mass is 1410 g/mol. The zero-order valence-electron chi connectivity index (χ0n) is 52.8. The van der Waals surface area contributed by atoms with Gasteiger partial charge < -0.3 is 38.0 Å². The van der Waals surface area contributed by atoms with E-state index in [1.54, 1.807) is 87.2 Å². The highest BCUT2D eigenvalue weighted by Gasteiger charge is 2.50. The Bertz CT molecular complexity index is 4640. The molecule has 0 spiro atoms. The number of H-pyrrole nitrogens is 1. The van der Waals surface area contributed by atoms with Crippen LogP contribution in [0.25, 0.3) is 22.3 Å². The van der Waals surface area contributed by atoms with Crippen molar-refractivity contribution in [3.05, 3.63) is 219 Å². The molecule has 10 aromatic rings. The highest BCUT2D eigenvalue weighted by atomic mass is 35.5. The number of methoxy groups -OCH3 is 2. The van der Waals surface area contributed by atoms with E-state index in [0.29, 0.717) is 33.8 Å². The predicted molar refractivity (Wildman–Crippen MR) is 358 cm³/mol. The van der Waals surface area contributed by atoms with Gasteiger partial charge in [-0.25, -0.2) is 29.1 Å². The lowest BCUT2D eigenvalue weighted by Crippen LogP contribution is -2.38. The van der Waals surface area contributed by atoms with Gasteiger partial charge in [0.1, 0.15) is 71.8 Å². The maximum absolute atomic E-state index is 16.3. The molecule has 31 heteroatoms. The second-order valence-corrected chi connectivity index (χ2v) is 26.5. The number of carbonyl (C=O) groups excluding carboxylic acids is 2. The highest BCUT2D eigenvalue weighted by Crippen LogP contribution is 2.58. The molecule has 8 atom stereocenters. The summed E-state index contributed by atoms with van der Waals surface area (Å²) in [5.74, 6) is -0.516. The number of hydrogen-bond acceptors (Lipinski definition) is 22. The van der Waals surface area contributed by atoms with E-state index in [9.17, 15) is 19.6 Å². The van der Waals surface area contributed by atoms with Crippen molar-refractivity contribution in [2.24, 2.45) is 5.92 Å². The molecule has 0 radical (unpaired) electrons. The van der Waals surface area contributed by atoms with E-state index in [4.69, 9.17) is 74.0 Å². The van der Waals surface area contributed by atoms with Crippen LogP contribution in [0.4, 0.5) is 11.8 Å². The maximum atomic E-state index is 16.3. The van der Waals surface area contributed by atoms with Gasteiger partial charge in [0.15, 0.2) is 28.1 Å². The molecule has 6 heterocycles. The Kier molecular flexibility index (Phi) is 21.1. The van der Waals surface area contributed by atoms with Gasteiger partial charge in [-0.2, -0.15) is 10.2 Å². The molecule has 2 unspecified atom stereocenters. The lowest BCUT2D eigenvalue weighted by molar-refractivity contribution is -0.119. The number of para-hydroxylation sites is 2. The number of carbonyl (C=O) groups is 2. The molecule has 27 nitrogen and oxygen atoms in total. The minimum atomic E-state index is -5.17. The molecular formula is C67H63Cl2N11O16P2. The topological polar surface area (TPSA) is 325 Å². The first kappa shape index (κ1) is 68.5. The molecule has 0 bridgehead atoms. The SMILES string of the molecule is COc1ccc(C(OC[C@H]2O[C@@H](n3cnc4c(NC(=O)c5ccccc5)ncnc43)C[C@@H]2OP(=O)(OC[C@H]2O[C@@H](n3cnc4c(=O)[nH]c(NC(=O)C(C)C)nc43)C[C@@H]2OP(=O)(OCCC#N)Oc2ccccc2Cl)Oc2ccccc2Cl)(c2ccccc2)c2ccc(OC)cc2)cc1. The average molecular weight is 1410 g/mol. The van der Waals surface area contributed by atoms with Crippen LogP contribution in [0.15, 0.2) is 182 Å². The van der Waals surface area contributed by atoms with Gasteiger partial charge in [0.05, 0.1) is 69.2 Å². The molecule has 3 N–H and O–H groups in total. The van der Waals surface area contributed by atoms with Gasteiger partial charge in [-0.3, -0.25) is 51.9 Å². The third-order valence-electron chi connectivity index (χ3n) is 15.9. The van der Waals surface area contributed by atoms with Crippen molar-refractivity contribution in [2.45, 2.75) is 75.6 Å². The number of fused-ring (bicyclic) bond motifs is 2. The number of amides is 2. The fourth-order valence-electron chi connectivity index (χ4n) is 11.1. The Balaban J connectivity index is 0.936. The van der Waals surface area contributed by atoms with Gasteiger partial charge >= 0.3 is 15.6 Å². The minimum absolute atomic E-state index is 0.00991. The number of anilines is 2. The first-order valence-corrected chi connectivity index (χ1v) is 34.4. The molecule has 506 valence electrons. The van der Waals surface area contributed by atoms with Crippen molar-refractivity contribution >= 4 is 84.8 Å². The standard InChI is InChI=1S/C67H63Cl2N11O16P2/c1-41(2)63(81)77-66-76-62-59(65(83)78-66)74-40-80(62)57-35-53(95-97(84,89-33-15-32-70)93-50-22-13-11-20-48(50)68)55(92-57)37-90-98(85,94-51-23-14-12-21-49(51)69)96-52-34-56(79-39-73-58-60(71-38-72-61(58)79)75-64(82)42-16-7-5-8-17-42)91-54(52)36-88-67(43-18-9-6-10-19-43,44-24-28-46(86-3)29-25-44)45-26-30-47(87-4)31-27-45/h5-14,16-31,38-41,52-57H,15,33-37H2,1-4H3,(H,71,72,75,82)(H2,76,77,78,81,83)/t52-,53-,54+,55+,56+,57+,97?,98?/m0/s1. The summed E-state index contributed by atoms with van der Waals surface area (Å²) < 4.78 is 104. The summed E-state index contributed by atoms with van der Waals surface area (Å²) in [5.41, 5.74) is 0.579. The molecule has 0 aliphatic carbocycles. The summed E-state index contributed by atoms with van der Waals surface area (Å²) in [6.45, 7) is 1.83. The van der Waals surface area contributed by atoms with E-state index in [-0.39, 0.29) is 81.5 Å². The van der Waals surface area contributed by atoms with E-state index in [2.05, 4.69) is 40.5 Å². The molecule has 2 aliphatic rings. The molecule has 2 aliphatic heterocycles. The minimum Gasteiger partial charge on any atom is -0.497 e. The van der Waals surface area contributed by atoms with Crippen LogP contribution in [-0.2, 0) is 51.8 Å².